The quantitative estimate of drug-likeness (QED) is 0.597. The minimum Gasteiger partial charge on any atom is -0.475 e. The molecule has 0 bridgehead atoms. The first-order valence-corrected chi connectivity index (χ1v) is 7.80. The molecule has 0 aliphatic heterocycles. The zero-order valence-electron chi connectivity index (χ0n) is 12.9. The molecule has 0 saturated heterocycles. The van der Waals surface area contributed by atoms with Gasteiger partial charge in [0.2, 0.25) is 17.7 Å². The predicted octanol–water partition coefficient (Wildman–Crippen LogP) is 0.983. The Labute approximate surface area is 144 Å². The summed E-state index contributed by atoms with van der Waals surface area (Å²) in [6.45, 7) is 3.94. The van der Waals surface area contributed by atoms with Crippen LogP contribution < -0.4 is 21.1 Å². The van der Waals surface area contributed by atoms with Gasteiger partial charge in [-0.05, 0) is 12.0 Å². The second kappa shape index (κ2) is 9.54. The van der Waals surface area contributed by atoms with Crippen LogP contribution in [0.2, 0.25) is 10.0 Å². The van der Waals surface area contributed by atoms with Crippen molar-refractivity contribution in [2.24, 2.45) is 11.7 Å². The summed E-state index contributed by atoms with van der Waals surface area (Å²) in [5.74, 6) is -0.457. The Morgan fingerprint density at radius 1 is 1.35 bits per heavy atom. The van der Waals surface area contributed by atoms with E-state index in [9.17, 15) is 9.59 Å². The molecule has 9 heteroatoms. The first-order chi connectivity index (χ1) is 10.8. The first kappa shape index (κ1) is 19.5. The van der Waals surface area contributed by atoms with Gasteiger partial charge in [0.15, 0.2) is 0 Å². The van der Waals surface area contributed by atoms with Crippen molar-refractivity contribution in [3.8, 4) is 5.88 Å². The van der Waals surface area contributed by atoms with Gasteiger partial charge in [-0.2, -0.15) is 0 Å². The number of pyridine rings is 1. The molecule has 2 amide bonds. The van der Waals surface area contributed by atoms with Gasteiger partial charge < -0.3 is 21.1 Å². The number of hydrogen-bond acceptors (Lipinski definition) is 5. The summed E-state index contributed by atoms with van der Waals surface area (Å²) >= 11 is 11.6. The minimum atomic E-state index is -0.635. The van der Waals surface area contributed by atoms with E-state index in [0.717, 1.165) is 0 Å². The second-order valence-corrected chi connectivity index (χ2v) is 5.97. The number of halogens is 2. The number of carbonyl (C=O) groups is 2. The Morgan fingerprint density at radius 2 is 2.04 bits per heavy atom. The standard InChI is InChI=1S/C14H20Cl2N4O3/c1-8(2)12(17)13(22)19-7-11(21)18-3-4-23-14-10(16)5-9(15)6-20-14/h5-6,8,12H,3-4,7,17H2,1-2H3,(H,18,21)(H,19,22)/t12-/m0/s1. The Bertz CT molecular complexity index is 555. The van der Waals surface area contributed by atoms with Crippen LogP contribution >= 0.6 is 23.2 Å². The summed E-state index contributed by atoms with van der Waals surface area (Å²) < 4.78 is 5.31. The molecule has 0 spiro atoms. The zero-order chi connectivity index (χ0) is 17.4. The van der Waals surface area contributed by atoms with E-state index in [1.54, 1.807) is 0 Å². The van der Waals surface area contributed by atoms with E-state index >= 15 is 0 Å². The molecular weight excluding hydrogens is 343 g/mol. The highest BCUT2D eigenvalue weighted by Crippen LogP contribution is 2.24. The molecule has 7 nitrogen and oxygen atoms in total. The summed E-state index contributed by atoms with van der Waals surface area (Å²) in [5.41, 5.74) is 5.66. The van der Waals surface area contributed by atoms with Crippen LogP contribution in [0, 0.1) is 5.92 Å². The largest absolute Gasteiger partial charge is 0.475 e. The molecule has 1 aromatic rings. The average Bonchev–Trinajstić information content (AvgIpc) is 2.49. The lowest BCUT2D eigenvalue weighted by Crippen LogP contribution is -2.47. The Morgan fingerprint density at radius 3 is 2.65 bits per heavy atom. The number of nitrogens with zero attached hydrogens (tertiary/aromatic N) is 1. The van der Waals surface area contributed by atoms with Crippen LogP contribution in [0.4, 0.5) is 0 Å². The monoisotopic (exact) mass is 362 g/mol. The maximum atomic E-state index is 11.6. The molecule has 0 unspecified atom stereocenters. The van der Waals surface area contributed by atoms with Crippen LogP contribution in [0.15, 0.2) is 12.3 Å². The third-order valence-electron chi connectivity index (χ3n) is 2.88. The molecule has 0 aromatic carbocycles. The van der Waals surface area contributed by atoms with Gasteiger partial charge in [-0.25, -0.2) is 4.98 Å². The minimum absolute atomic E-state index is 0.00286. The number of carbonyl (C=O) groups excluding carboxylic acids is 2. The first-order valence-electron chi connectivity index (χ1n) is 7.05. The molecule has 0 fully saturated rings. The van der Waals surface area contributed by atoms with Crippen LogP contribution in [0.5, 0.6) is 5.88 Å². The Hall–Kier alpha value is -1.57. The number of rotatable bonds is 8. The van der Waals surface area contributed by atoms with E-state index < -0.39 is 6.04 Å². The summed E-state index contributed by atoms with van der Waals surface area (Å²) in [4.78, 5) is 27.1. The van der Waals surface area contributed by atoms with E-state index in [4.69, 9.17) is 33.7 Å². The van der Waals surface area contributed by atoms with E-state index in [1.807, 2.05) is 13.8 Å². The number of nitrogens with one attached hydrogen (secondary N) is 2. The highest BCUT2D eigenvalue weighted by atomic mass is 35.5. The Kier molecular flexibility index (Phi) is 8.08. The second-order valence-electron chi connectivity index (χ2n) is 5.13. The van der Waals surface area contributed by atoms with Gasteiger partial charge in [-0.1, -0.05) is 37.0 Å². The highest BCUT2D eigenvalue weighted by Gasteiger charge is 2.17. The van der Waals surface area contributed by atoms with Crippen LogP contribution in [0.25, 0.3) is 0 Å². The van der Waals surface area contributed by atoms with Crippen LogP contribution in [-0.4, -0.2) is 42.5 Å². The smallest absolute Gasteiger partial charge is 0.239 e. The van der Waals surface area contributed by atoms with Gasteiger partial charge in [-0.3, -0.25) is 9.59 Å². The van der Waals surface area contributed by atoms with Crippen molar-refractivity contribution >= 4 is 35.0 Å². The van der Waals surface area contributed by atoms with Crippen LogP contribution in [0.3, 0.4) is 0 Å². The highest BCUT2D eigenvalue weighted by molar-refractivity contribution is 6.35. The molecular formula is C14H20Cl2N4O3. The topological polar surface area (TPSA) is 106 Å². The summed E-state index contributed by atoms with van der Waals surface area (Å²) in [7, 11) is 0. The van der Waals surface area contributed by atoms with Crippen molar-refractivity contribution in [1.82, 2.24) is 15.6 Å². The molecule has 0 saturated carbocycles. The number of ether oxygens (including phenoxy) is 1. The van der Waals surface area contributed by atoms with Crippen molar-refractivity contribution < 1.29 is 14.3 Å². The molecule has 0 aliphatic carbocycles. The molecule has 0 radical (unpaired) electrons. The van der Waals surface area contributed by atoms with E-state index in [2.05, 4.69) is 15.6 Å². The van der Waals surface area contributed by atoms with Crippen LogP contribution in [-0.2, 0) is 9.59 Å². The summed E-state index contributed by atoms with van der Waals surface area (Å²) in [6.07, 6.45) is 1.41. The van der Waals surface area contributed by atoms with E-state index in [1.165, 1.54) is 12.3 Å². The van der Waals surface area contributed by atoms with Crippen molar-refractivity contribution in [1.29, 1.82) is 0 Å². The molecule has 1 atom stereocenters. The van der Waals surface area contributed by atoms with Gasteiger partial charge in [0.1, 0.15) is 11.6 Å². The third-order valence-corrected chi connectivity index (χ3v) is 3.36. The van der Waals surface area contributed by atoms with Crippen molar-refractivity contribution in [2.75, 3.05) is 19.7 Å². The lowest BCUT2D eigenvalue weighted by molar-refractivity contribution is -0.127. The number of aromatic nitrogens is 1. The average molecular weight is 363 g/mol. The van der Waals surface area contributed by atoms with Gasteiger partial charge >= 0.3 is 0 Å². The predicted molar refractivity (Wildman–Crippen MR) is 88.6 cm³/mol. The lowest BCUT2D eigenvalue weighted by Gasteiger charge is -2.15. The maximum absolute atomic E-state index is 11.6. The van der Waals surface area contributed by atoms with E-state index in [-0.39, 0.29) is 43.3 Å². The molecule has 128 valence electrons. The maximum Gasteiger partial charge on any atom is 0.239 e. The third kappa shape index (κ3) is 7.02. The lowest BCUT2D eigenvalue weighted by atomic mass is 10.1. The fourth-order valence-corrected chi connectivity index (χ4v) is 1.93. The molecule has 1 heterocycles. The van der Waals surface area contributed by atoms with Crippen LogP contribution in [0.1, 0.15) is 13.8 Å². The Balaban J connectivity index is 2.23. The van der Waals surface area contributed by atoms with Gasteiger partial charge in [0.05, 0.1) is 24.2 Å². The fraction of sp³-hybridized carbons (Fsp3) is 0.500. The summed E-state index contributed by atoms with van der Waals surface area (Å²) in [6, 6.07) is 0.876. The molecule has 23 heavy (non-hydrogen) atoms. The number of amides is 2. The van der Waals surface area contributed by atoms with Crippen molar-refractivity contribution in [3.05, 3.63) is 22.3 Å². The molecule has 1 aromatic heterocycles. The number of hydrogen-bond donors (Lipinski definition) is 3. The fourth-order valence-electron chi connectivity index (χ4n) is 1.50. The molecule has 0 aliphatic rings. The van der Waals surface area contributed by atoms with Crippen molar-refractivity contribution in [3.63, 3.8) is 0 Å². The molecule has 1 rings (SSSR count). The SMILES string of the molecule is CC(C)[C@H](N)C(=O)NCC(=O)NCCOc1ncc(Cl)cc1Cl. The van der Waals surface area contributed by atoms with Gasteiger partial charge in [-0.15, -0.1) is 0 Å². The molecule has 4 N–H and O–H groups in total. The van der Waals surface area contributed by atoms with Crippen molar-refractivity contribution in [2.45, 2.75) is 19.9 Å². The number of nitrogens with two attached hydrogens (primary N) is 1. The summed E-state index contributed by atoms with van der Waals surface area (Å²) in [5, 5.41) is 5.76. The van der Waals surface area contributed by atoms with E-state index in [0.29, 0.717) is 10.0 Å². The van der Waals surface area contributed by atoms with Gasteiger partial charge in [0, 0.05) is 6.20 Å². The normalized spacial score (nSPS) is 11.9. The zero-order valence-corrected chi connectivity index (χ0v) is 14.4. The van der Waals surface area contributed by atoms with Gasteiger partial charge in [0.25, 0.3) is 0 Å².